The van der Waals surface area contributed by atoms with Gasteiger partial charge >= 0.3 is 0 Å². The van der Waals surface area contributed by atoms with Gasteiger partial charge in [-0.1, -0.05) is 32.0 Å². The van der Waals surface area contributed by atoms with Gasteiger partial charge in [0.2, 0.25) is 5.91 Å². The summed E-state index contributed by atoms with van der Waals surface area (Å²) in [5, 5.41) is 12.7. The molecule has 2 rings (SSSR count). The molecular weight excluding hydrogens is 304 g/mol. The van der Waals surface area contributed by atoms with E-state index in [1.165, 1.54) is 0 Å². The lowest BCUT2D eigenvalue weighted by molar-refractivity contribution is -0.126. The highest BCUT2D eigenvalue weighted by Crippen LogP contribution is 2.20. The molecule has 0 spiro atoms. The van der Waals surface area contributed by atoms with Gasteiger partial charge in [-0.25, -0.2) is 0 Å². The molecule has 1 aromatic rings. The van der Waals surface area contributed by atoms with Crippen molar-refractivity contribution < 1.29 is 14.7 Å². The van der Waals surface area contributed by atoms with Crippen molar-refractivity contribution >= 4 is 11.8 Å². The van der Waals surface area contributed by atoms with Crippen molar-refractivity contribution in [3.8, 4) is 0 Å². The summed E-state index contributed by atoms with van der Waals surface area (Å²) in [4.78, 5) is 26.9. The molecule has 1 aliphatic heterocycles. The first-order valence-electron chi connectivity index (χ1n) is 8.82. The summed E-state index contributed by atoms with van der Waals surface area (Å²) in [5.41, 5.74) is 0.618. The third-order valence-electron chi connectivity index (χ3n) is 4.60. The van der Waals surface area contributed by atoms with E-state index in [-0.39, 0.29) is 17.7 Å². The first-order valence-corrected chi connectivity index (χ1v) is 8.82. The molecular formula is C19H28N2O3. The van der Waals surface area contributed by atoms with Crippen molar-refractivity contribution in [1.29, 1.82) is 0 Å². The van der Waals surface area contributed by atoms with E-state index in [4.69, 9.17) is 0 Å². The van der Waals surface area contributed by atoms with Crippen LogP contribution in [0.5, 0.6) is 0 Å². The fourth-order valence-corrected chi connectivity index (χ4v) is 2.99. The highest BCUT2D eigenvalue weighted by Gasteiger charge is 2.32. The van der Waals surface area contributed by atoms with E-state index in [1.807, 2.05) is 32.0 Å². The molecule has 0 bridgehead atoms. The average Bonchev–Trinajstić information content (AvgIpc) is 2.61. The third-order valence-corrected chi connectivity index (χ3v) is 4.60. The molecule has 2 atom stereocenters. The molecule has 0 aliphatic carbocycles. The van der Waals surface area contributed by atoms with E-state index in [0.29, 0.717) is 31.5 Å². The Kier molecular flexibility index (Phi) is 6.79. The molecule has 2 amide bonds. The van der Waals surface area contributed by atoms with Crippen molar-refractivity contribution in [3.05, 3.63) is 35.9 Å². The highest BCUT2D eigenvalue weighted by atomic mass is 16.3. The molecule has 1 aromatic carbocycles. The number of benzene rings is 1. The van der Waals surface area contributed by atoms with Gasteiger partial charge in [-0.15, -0.1) is 0 Å². The van der Waals surface area contributed by atoms with Gasteiger partial charge in [0.05, 0.1) is 6.10 Å². The van der Waals surface area contributed by atoms with E-state index >= 15 is 0 Å². The molecule has 0 radical (unpaired) electrons. The SMILES string of the molecule is CC(C)C(O)CCNC(=O)C1CCCCN1C(=O)c1ccccc1. The number of aliphatic hydroxyl groups is 1. The lowest BCUT2D eigenvalue weighted by Crippen LogP contribution is -2.52. The van der Waals surface area contributed by atoms with Crippen molar-refractivity contribution in [3.63, 3.8) is 0 Å². The second-order valence-electron chi connectivity index (χ2n) is 6.77. The van der Waals surface area contributed by atoms with Gasteiger partial charge in [0.15, 0.2) is 0 Å². The van der Waals surface area contributed by atoms with Gasteiger partial charge < -0.3 is 15.3 Å². The molecule has 132 valence electrons. The van der Waals surface area contributed by atoms with Crippen LogP contribution < -0.4 is 5.32 Å². The zero-order chi connectivity index (χ0) is 17.5. The molecule has 5 heteroatoms. The standard InChI is InChI=1S/C19H28N2O3/c1-14(2)17(22)11-12-20-18(23)16-10-6-7-13-21(16)19(24)15-8-4-3-5-9-15/h3-5,8-9,14,16-17,22H,6-7,10-13H2,1-2H3,(H,20,23). The minimum Gasteiger partial charge on any atom is -0.393 e. The van der Waals surface area contributed by atoms with Crippen LogP contribution in [0.3, 0.4) is 0 Å². The van der Waals surface area contributed by atoms with Crippen LogP contribution >= 0.6 is 0 Å². The largest absolute Gasteiger partial charge is 0.393 e. The van der Waals surface area contributed by atoms with Crippen LogP contribution in [0.1, 0.15) is 49.9 Å². The van der Waals surface area contributed by atoms with Crippen LogP contribution in [0.4, 0.5) is 0 Å². The van der Waals surface area contributed by atoms with Crippen LogP contribution in [0.25, 0.3) is 0 Å². The summed E-state index contributed by atoms with van der Waals surface area (Å²) >= 11 is 0. The molecule has 24 heavy (non-hydrogen) atoms. The molecule has 5 nitrogen and oxygen atoms in total. The zero-order valence-electron chi connectivity index (χ0n) is 14.6. The summed E-state index contributed by atoms with van der Waals surface area (Å²) in [5.74, 6) is -0.0275. The van der Waals surface area contributed by atoms with Gasteiger partial charge in [-0.05, 0) is 43.7 Å². The van der Waals surface area contributed by atoms with Crippen molar-refractivity contribution in [2.75, 3.05) is 13.1 Å². The number of nitrogens with zero attached hydrogens (tertiary/aromatic N) is 1. The van der Waals surface area contributed by atoms with E-state index in [0.717, 1.165) is 12.8 Å². The van der Waals surface area contributed by atoms with Crippen LogP contribution in [-0.2, 0) is 4.79 Å². The number of nitrogens with one attached hydrogen (secondary N) is 1. The van der Waals surface area contributed by atoms with Crippen LogP contribution in [0.15, 0.2) is 30.3 Å². The maximum Gasteiger partial charge on any atom is 0.254 e. The minimum atomic E-state index is -0.418. The monoisotopic (exact) mass is 332 g/mol. The van der Waals surface area contributed by atoms with E-state index in [1.54, 1.807) is 17.0 Å². The molecule has 2 N–H and O–H groups in total. The summed E-state index contributed by atoms with van der Waals surface area (Å²) in [6, 6.07) is 8.69. The molecule has 1 heterocycles. The van der Waals surface area contributed by atoms with E-state index in [9.17, 15) is 14.7 Å². The van der Waals surface area contributed by atoms with E-state index in [2.05, 4.69) is 5.32 Å². The van der Waals surface area contributed by atoms with Gasteiger partial charge in [0, 0.05) is 18.7 Å². The van der Waals surface area contributed by atoms with Crippen LogP contribution in [-0.4, -0.2) is 47.1 Å². The summed E-state index contributed by atoms with van der Waals surface area (Å²) in [7, 11) is 0. The van der Waals surface area contributed by atoms with Crippen LogP contribution in [0, 0.1) is 5.92 Å². The predicted octanol–water partition coefficient (Wildman–Crippen LogP) is 2.20. The fraction of sp³-hybridized carbons (Fsp3) is 0.579. The lowest BCUT2D eigenvalue weighted by atomic mass is 9.99. The Morgan fingerprint density at radius 2 is 1.96 bits per heavy atom. The number of carbonyl (C=O) groups is 2. The summed E-state index contributed by atoms with van der Waals surface area (Å²) in [6.45, 7) is 4.95. The molecule has 1 saturated heterocycles. The normalized spacial score (nSPS) is 19.2. The summed E-state index contributed by atoms with van der Waals surface area (Å²) < 4.78 is 0. The lowest BCUT2D eigenvalue weighted by Gasteiger charge is -2.35. The number of carbonyl (C=O) groups excluding carboxylic acids is 2. The number of piperidine rings is 1. The van der Waals surface area contributed by atoms with Gasteiger partial charge in [-0.2, -0.15) is 0 Å². The number of aliphatic hydroxyl groups excluding tert-OH is 1. The van der Waals surface area contributed by atoms with E-state index < -0.39 is 12.1 Å². The van der Waals surface area contributed by atoms with Gasteiger partial charge in [-0.3, -0.25) is 9.59 Å². The third kappa shape index (κ3) is 4.81. The first kappa shape index (κ1) is 18.5. The number of hydrogen-bond acceptors (Lipinski definition) is 3. The Labute approximate surface area is 144 Å². The first-order chi connectivity index (χ1) is 11.5. The fourth-order valence-electron chi connectivity index (χ4n) is 2.99. The quantitative estimate of drug-likeness (QED) is 0.839. The smallest absolute Gasteiger partial charge is 0.254 e. The average molecular weight is 332 g/mol. The number of hydrogen-bond donors (Lipinski definition) is 2. The topological polar surface area (TPSA) is 69.6 Å². The second-order valence-corrected chi connectivity index (χ2v) is 6.77. The van der Waals surface area contributed by atoms with Crippen molar-refractivity contribution in [1.82, 2.24) is 10.2 Å². The Bertz CT molecular complexity index is 545. The Morgan fingerprint density at radius 1 is 1.25 bits per heavy atom. The molecule has 2 unspecified atom stereocenters. The molecule has 0 saturated carbocycles. The van der Waals surface area contributed by atoms with Crippen LogP contribution in [0.2, 0.25) is 0 Å². The number of amides is 2. The predicted molar refractivity (Wildman–Crippen MR) is 93.6 cm³/mol. The Hall–Kier alpha value is -1.88. The molecule has 1 fully saturated rings. The maximum atomic E-state index is 12.7. The Balaban J connectivity index is 1.96. The second kappa shape index (κ2) is 8.83. The van der Waals surface area contributed by atoms with Gasteiger partial charge in [0.25, 0.3) is 5.91 Å². The van der Waals surface area contributed by atoms with Gasteiger partial charge in [0.1, 0.15) is 6.04 Å². The molecule has 0 aromatic heterocycles. The summed E-state index contributed by atoms with van der Waals surface area (Å²) in [6.07, 6.45) is 2.68. The van der Waals surface area contributed by atoms with Crippen molar-refractivity contribution in [2.24, 2.45) is 5.92 Å². The van der Waals surface area contributed by atoms with Crippen molar-refractivity contribution in [2.45, 2.75) is 51.7 Å². The zero-order valence-corrected chi connectivity index (χ0v) is 14.6. The number of rotatable bonds is 6. The minimum absolute atomic E-state index is 0.0855. The maximum absolute atomic E-state index is 12.7. The highest BCUT2D eigenvalue weighted by molar-refractivity contribution is 5.97. The number of likely N-dealkylation sites (tertiary alicyclic amines) is 1. The molecule has 1 aliphatic rings. The Morgan fingerprint density at radius 3 is 2.62 bits per heavy atom.